The molecule has 0 rings (SSSR count). The zero-order valence-electron chi connectivity index (χ0n) is 10.6. The van der Waals surface area contributed by atoms with Gasteiger partial charge in [0.25, 0.3) is 0 Å². The Bertz CT molecular complexity index is 146. The van der Waals surface area contributed by atoms with Crippen LogP contribution in [-0.2, 0) is 9.47 Å². The average molecular weight is 309 g/mol. The van der Waals surface area contributed by atoms with E-state index in [0.717, 1.165) is 42.4 Å². The van der Waals surface area contributed by atoms with Crippen molar-refractivity contribution < 1.29 is 9.47 Å². The Hall–Kier alpha value is 0.873. The van der Waals surface area contributed by atoms with Crippen molar-refractivity contribution in [2.24, 2.45) is 0 Å². The van der Waals surface area contributed by atoms with Crippen LogP contribution in [0.3, 0.4) is 0 Å². The minimum absolute atomic E-state index is 0.0219. The molecule has 15 heavy (non-hydrogen) atoms. The summed E-state index contributed by atoms with van der Waals surface area (Å²) in [6.45, 7) is 12.6. The standard InChI is InChI=1S/C10H22O2SeSi2/c1-9(2,3)11-7-14-13-15-8-12-10(4,5)6/h7-8H2,1-6H3. The molecule has 0 amide bonds. The first-order valence-electron chi connectivity index (χ1n) is 5.10. The number of ether oxygens (including phenoxy) is 2. The molecule has 0 saturated heterocycles. The van der Waals surface area contributed by atoms with E-state index >= 15 is 0 Å². The van der Waals surface area contributed by atoms with Crippen LogP contribution >= 0.6 is 0 Å². The molecule has 0 aliphatic carbocycles. The molecule has 0 unspecified atom stereocenters. The van der Waals surface area contributed by atoms with Crippen LogP contribution in [0.1, 0.15) is 41.5 Å². The van der Waals surface area contributed by atoms with Gasteiger partial charge < -0.3 is 0 Å². The molecule has 0 N–H and O–H groups in total. The van der Waals surface area contributed by atoms with Gasteiger partial charge in [0, 0.05) is 0 Å². The van der Waals surface area contributed by atoms with E-state index in [1.165, 1.54) is 0 Å². The van der Waals surface area contributed by atoms with Crippen LogP contribution in [-0.4, -0.2) is 53.6 Å². The average Bonchev–Trinajstić information content (AvgIpc) is 1.98. The summed E-state index contributed by atoms with van der Waals surface area (Å²) in [4.78, 5) is 0. The predicted octanol–water partition coefficient (Wildman–Crippen LogP) is 1.47. The van der Waals surface area contributed by atoms with Crippen LogP contribution < -0.4 is 0 Å². The molecule has 0 aromatic heterocycles. The maximum atomic E-state index is 5.67. The second kappa shape index (κ2) is 7.25. The van der Waals surface area contributed by atoms with Gasteiger partial charge in [-0.2, -0.15) is 0 Å². The minimum atomic E-state index is 0.0219. The summed E-state index contributed by atoms with van der Waals surface area (Å²) in [6.07, 6.45) is 1.85. The van der Waals surface area contributed by atoms with E-state index in [-0.39, 0.29) is 11.2 Å². The molecule has 0 fully saturated rings. The summed E-state index contributed by atoms with van der Waals surface area (Å²) in [5.41, 5.74) is 0.0439. The van der Waals surface area contributed by atoms with E-state index < -0.39 is 0 Å². The van der Waals surface area contributed by atoms with Gasteiger partial charge >= 0.3 is 105 Å². The quantitative estimate of drug-likeness (QED) is 0.546. The first-order valence-corrected chi connectivity index (χ1v) is 12.5. The van der Waals surface area contributed by atoms with Crippen molar-refractivity contribution in [2.45, 2.75) is 52.7 Å². The fourth-order valence-corrected chi connectivity index (χ4v) is 7.36. The Morgan fingerprint density at radius 1 is 0.800 bits per heavy atom. The van der Waals surface area contributed by atoms with Gasteiger partial charge in [0.15, 0.2) is 0 Å². The third-order valence-electron chi connectivity index (χ3n) is 1.27. The Labute approximate surface area is 105 Å². The third-order valence-corrected chi connectivity index (χ3v) is 9.89. The Morgan fingerprint density at radius 2 is 1.13 bits per heavy atom. The molecular weight excluding hydrogens is 287 g/mol. The number of hydrogen-bond acceptors (Lipinski definition) is 2. The summed E-state index contributed by atoms with van der Waals surface area (Å²) < 4.78 is 11.3. The third kappa shape index (κ3) is 14.9. The van der Waals surface area contributed by atoms with E-state index in [1.54, 1.807) is 0 Å². The van der Waals surface area contributed by atoms with E-state index in [0.29, 0.717) is 0 Å². The molecule has 4 radical (unpaired) electrons. The summed E-state index contributed by atoms with van der Waals surface area (Å²) >= 11 is 0.719. The van der Waals surface area contributed by atoms with E-state index in [9.17, 15) is 0 Å². The first-order chi connectivity index (χ1) is 6.71. The van der Waals surface area contributed by atoms with Crippen molar-refractivity contribution in [1.29, 1.82) is 0 Å². The first kappa shape index (κ1) is 15.9. The molecule has 0 saturated carbocycles. The summed E-state index contributed by atoms with van der Waals surface area (Å²) in [5, 5.41) is 0. The van der Waals surface area contributed by atoms with Crippen molar-refractivity contribution in [3.05, 3.63) is 0 Å². The van der Waals surface area contributed by atoms with Crippen molar-refractivity contribution in [3.8, 4) is 0 Å². The summed E-state index contributed by atoms with van der Waals surface area (Å²) in [5.74, 6) is 0. The van der Waals surface area contributed by atoms with E-state index in [1.807, 2.05) is 0 Å². The molecule has 5 heteroatoms. The summed E-state index contributed by atoms with van der Waals surface area (Å²) in [6, 6.07) is 0. The normalized spacial score (nSPS) is 13.2. The van der Waals surface area contributed by atoms with E-state index in [2.05, 4.69) is 41.5 Å². The van der Waals surface area contributed by atoms with Gasteiger partial charge in [-0.05, 0) is 0 Å². The van der Waals surface area contributed by atoms with Crippen molar-refractivity contribution in [2.75, 3.05) is 12.5 Å². The van der Waals surface area contributed by atoms with Crippen molar-refractivity contribution in [1.82, 2.24) is 0 Å². The van der Waals surface area contributed by atoms with Crippen LogP contribution in [0.2, 0.25) is 0 Å². The molecule has 0 aliphatic heterocycles. The molecule has 0 bridgehead atoms. The number of hydrogen-bond donors (Lipinski definition) is 0. The Kier molecular flexibility index (Phi) is 7.67. The van der Waals surface area contributed by atoms with Crippen LogP contribution in [0.15, 0.2) is 0 Å². The zero-order chi connectivity index (χ0) is 11.9. The molecule has 0 spiro atoms. The topological polar surface area (TPSA) is 18.5 Å². The number of rotatable bonds is 6. The van der Waals surface area contributed by atoms with Crippen LogP contribution in [0.25, 0.3) is 0 Å². The second-order valence-corrected chi connectivity index (χ2v) is 14.7. The van der Waals surface area contributed by atoms with Crippen molar-refractivity contribution >= 4 is 29.9 Å². The second-order valence-electron chi connectivity index (χ2n) is 5.19. The van der Waals surface area contributed by atoms with Crippen LogP contribution in [0.5, 0.6) is 0 Å². The monoisotopic (exact) mass is 310 g/mol. The maximum absolute atomic E-state index is 5.67. The molecule has 0 aromatic carbocycles. The van der Waals surface area contributed by atoms with E-state index in [4.69, 9.17) is 9.47 Å². The molecule has 0 aliphatic rings. The van der Waals surface area contributed by atoms with Crippen molar-refractivity contribution in [3.63, 3.8) is 0 Å². The fourth-order valence-electron chi connectivity index (χ4n) is 0.602. The molecule has 0 atom stereocenters. The SMILES string of the molecule is CC(C)(C)OC[Si][Se][Si]COC(C)(C)C. The fraction of sp³-hybridized carbons (Fsp3) is 1.00. The van der Waals surface area contributed by atoms with Gasteiger partial charge in [-0.3, -0.25) is 0 Å². The molecule has 2 nitrogen and oxygen atoms in total. The van der Waals surface area contributed by atoms with Gasteiger partial charge in [-0.15, -0.1) is 0 Å². The molecule has 0 aromatic rings. The predicted molar refractivity (Wildman–Crippen MR) is 68.7 cm³/mol. The Balaban J connectivity index is 3.20. The van der Waals surface area contributed by atoms with Gasteiger partial charge in [0.1, 0.15) is 0 Å². The Morgan fingerprint density at radius 3 is 1.40 bits per heavy atom. The summed E-state index contributed by atoms with van der Waals surface area (Å²) in [7, 11) is 1.94. The zero-order valence-corrected chi connectivity index (χ0v) is 14.4. The molecule has 0 heterocycles. The van der Waals surface area contributed by atoms with Gasteiger partial charge in [-0.25, -0.2) is 0 Å². The van der Waals surface area contributed by atoms with Crippen LogP contribution in [0.4, 0.5) is 0 Å². The molecule has 88 valence electrons. The van der Waals surface area contributed by atoms with Gasteiger partial charge in [0.2, 0.25) is 0 Å². The van der Waals surface area contributed by atoms with Gasteiger partial charge in [0.05, 0.1) is 0 Å². The van der Waals surface area contributed by atoms with Crippen LogP contribution in [0, 0.1) is 0 Å². The van der Waals surface area contributed by atoms with Gasteiger partial charge in [-0.1, -0.05) is 0 Å². The molecular formula is C10H22O2SeSi2.